The van der Waals surface area contributed by atoms with Gasteiger partial charge in [-0.25, -0.2) is 4.39 Å². The van der Waals surface area contributed by atoms with E-state index in [1.54, 1.807) is 0 Å². The van der Waals surface area contributed by atoms with Gasteiger partial charge in [0.25, 0.3) is 0 Å². The first-order valence-electron chi connectivity index (χ1n) is 2.98. The lowest BCUT2D eigenvalue weighted by Crippen LogP contribution is -2.01. The fraction of sp³-hybridized carbons (Fsp3) is 0.143. The molecule has 0 aliphatic rings. The molecule has 2 N–H and O–H groups in total. The van der Waals surface area contributed by atoms with Crippen LogP contribution in [0.5, 0.6) is 0 Å². The summed E-state index contributed by atoms with van der Waals surface area (Å²) in [6, 6.07) is 3.40. The molecule has 0 amide bonds. The van der Waals surface area contributed by atoms with E-state index in [1.807, 2.05) is 28.7 Å². The van der Waals surface area contributed by atoms with Crippen LogP contribution in [0.3, 0.4) is 0 Å². The summed E-state index contributed by atoms with van der Waals surface area (Å²) in [6.07, 6.45) is 0. The highest BCUT2D eigenvalue weighted by Gasteiger charge is 2.04. The third kappa shape index (κ3) is 2.25. The summed E-state index contributed by atoms with van der Waals surface area (Å²) in [5.41, 5.74) is 6.28. The maximum Gasteiger partial charge on any atom is 0.137 e. The molecule has 0 heterocycles. The van der Waals surface area contributed by atoms with Crippen LogP contribution in [0.25, 0.3) is 0 Å². The number of hydrogen-bond donors (Lipinski definition) is 1. The van der Waals surface area contributed by atoms with E-state index in [9.17, 15) is 4.39 Å². The molecule has 0 unspecified atom stereocenters. The van der Waals surface area contributed by atoms with Gasteiger partial charge in [-0.3, -0.25) is 0 Å². The fourth-order valence-electron chi connectivity index (χ4n) is 0.758. The Kier molecular flexibility index (Phi) is 3.51. The van der Waals surface area contributed by atoms with Crippen molar-refractivity contribution in [2.75, 3.05) is 0 Å². The van der Waals surface area contributed by atoms with Crippen molar-refractivity contribution < 1.29 is 4.39 Å². The predicted octanol–water partition coefficient (Wildman–Crippen LogP) is 2.49. The molecule has 1 nitrogen and oxygen atoms in total. The third-order valence-electron chi connectivity index (χ3n) is 1.29. The molecule has 1 aromatic rings. The second-order valence-corrected chi connectivity index (χ2v) is 4.39. The summed E-state index contributed by atoms with van der Waals surface area (Å²) in [5.74, 6) is -0.182. The number of benzene rings is 1. The Morgan fingerprint density at radius 1 is 1.36 bits per heavy atom. The van der Waals surface area contributed by atoms with Gasteiger partial charge >= 0.3 is 0 Å². The SMILES string of the molecule is NCc1cc(I)cc(F)c1I. The number of rotatable bonds is 1. The summed E-state index contributed by atoms with van der Waals surface area (Å²) < 4.78 is 14.5. The summed E-state index contributed by atoms with van der Waals surface area (Å²) >= 11 is 4.04. The zero-order valence-corrected chi connectivity index (χ0v) is 9.89. The predicted molar refractivity (Wildman–Crippen MR) is 59.7 cm³/mol. The lowest BCUT2D eigenvalue weighted by molar-refractivity contribution is 0.616. The van der Waals surface area contributed by atoms with Gasteiger partial charge in [-0.2, -0.15) is 0 Å². The van der Waals surface area contributed by atoms with Gasteiger partial charge in [-0.15, -0.1) is 0 Å². The Hall–Kier alpha value is 0.570. The zero-order valence-electron chi connectivity index (χ0n) is 5.57. The molecule has 0 radical (unpaired) electrons. The molecule has 60 valence electrons. The lowest BCUT2D eigenvalue weighted by Gasteiger charge is -2.02. The van der Waals surface area contributed by atoms with Crippen molar-refractivity contribution in [2.45, 2.75) is 6.54 Å². The summed E-state index contributed by atoms with van der Waals surface area (Å²) in [7, 11) is 0. The van der Waals surface area contributed by atoms with E-state index in [4.69, 9.17) is 5.73 Å². The van der Waals surface area contributed by atoms with Crippen LogP contribution in [0.1, 0.15) is 5.56 Å². The minimum Gasteiger partial charge on any atom is -0.326 e. The van der Waals surface area contributed by atoms with Crippen LogP contribution in [0, 0.1) is 13.0 Å². The Balaban J connectivity index is 3.24. The van der Waals surface area contributed by atoms with Gasteiger partial charge < -0.3 is 5.73 Å². The van der Waals surface area contributed by atoms with E-state index in [1.165, 1.54) is 6.07 Å². The zero-order chi connectivity index (χ0) is 8.43. The molecule has 0 bridgehead atoms. The Morgan fingerprint density at radius 3 is 2.55 bits per heavy atom. The van der Waals surface area contributed by atoms with Crippen LogP contribution in [0.15, 0.2) is 12.1 Å². The maximum atomic E-state index is 13.0. The molecule has 0 aliphatic carbocycles. The minimum absolute atomic E-state index is 0.182. The second-order valence-electron chi connectivity index (χ2n) is 2.06. The van der Waals surface area contributed by atoms with Gasteiger partial charge in [-0.05, 0) is 62.9 Å². The Morgan fingerprint density at radius 2 is 2.00 bits per heavy atom. The van der Waals surface area contributed by atoms with Crippen LogP contribution in [-0.4, -0.2) is 0 Å². The van der Waals surface area contributed by atoms with Crippen LogP contribution in [0.4, 0.5) is 4.39 Å². The maximum absolute atomic E-state index is 13.0. The Bertz CT molecular complexity index is 275. The number of nitrogens with two attached hydrogens (primary N) is 1. The van der Waals surface area contributed by atoms with E-state index in [0.717, 1.165) is 9.13 Å². The van der Waals surface area contributed by atoms with Gasteiger partial charge in [0.2, 0.25) is 0 Å². The monoisotopic (exact) mass is 377 g/mol. The number of halogens is 3. The largest absolute Gasteiger partial charge is 0.326 e. The molecule has 11 heavy (non-hydrogen) atoms. The van der Waals surface area contributed by atoms with Crippen molar-refractivity contribution in [3.63, 3.8) is 0 Å². The van der Waals surface area contributed by atoms with Crippen LogP contribution in [-0.2, 0) is 6.54 Å². The molecule has 0 atom stereocenters. The highest BCUT2D eigenvalue weighted by Crippen LogP contribution is 2.19. The van der Waals surface area contributed by atoms with Gasteiger partial charge in [0.05, 0.1) is 3.57 Å². The van der Waals surface area contributed by atoms with E-state index in [2.05, 4.69) is 22.6 Å². The van der Waals surface area contributed by atoms with Crippen molar-refractivity contribution in [1.29, 1.82) is 0 Å². The van der Waals surface area contributed by atoms with E-state index < -0.39 is 0 Å². The summed E-state index contributed by atoms with van der Waals surface area (Å²) in [6.45, 7) is 0.395. The number of hydrogen-bond acceptors (Lipinski definition) is 1. The van der Waals surface area contributed by atoms with Gasteiger partial charge in [0.15, 0.2) is 0 Å². The fourth-order valence-corrected chi connectivity index (χ4v) is 1.94. The van der Waals surface area contributed by atoms with Gasteiger partial charge in [0.1, 0.15) is 5.82 Å². The summed E-state index contributed by atoms with van der Waals surface area (Å²) in [5, 5.41) is 0. The third-order valence-corrected chi connectivity index (χ3v) is 3.12. The molecule has 4 heteroatoms. The lowest BCUT2D eigenvalue weighted by atomic mass is 10.2. The molecular formula is C7H6FI2N. The molecule has 0 fully saturated rings. The quantitative estimate of drug-likeness (QED) is 0.591. The average molecular weight is 377 g/mol. The first-order valence-corrected chi connectivity index (χ1v) is 5.14. The molecule has 0 aromatic heterocycles. The molecule has 1 aromatic carbocycles. The molecule has 1 rings (SSSR count). The highest BCUT2D eigenvalue weighted by atomic mass is 127. The van der Waals surface area contributed by atoms with Crippen molar-refractivity contribution >= 4 is 45.2 Å². The minimum atomic E-state index is -0.182. The second kappa shape index (κ2) is 3.99. The normalized spacial score (nSPS) is 10.2. The van der Waals surface area contributed by atoms with Crippen LogP contribution < -0.4 is 5.73 Å². The summed E-state index contributed by atoms with van der Waals surface area (Å²) in [4.78, 5) is 0. The molecule has 0 spiro atoms. The standard InChI is InChI=1S/C7H6FI2N/c8-6-2-5(9)1-4(3-11)7(6)10/h1-2H,3,11H2. The van der Waals surface area contributed by atoms with Gasteiger partial charge in [0, 0.05) is 10.1 Å². The first kappa shape index (κ1) is 9.66. The van der Waals surface area contributed by atoms with Crippen LogP contribution in [0.2, 0.25) is 0 Å². The van der Waals surface area contributed by atoms with Crippen molar-refractivity contribution in [2.24, 2.45) is 5.73 Å². The topological polar surface area (TPSA) is 26.0 Å². The molecule has 0 aliphatic heterocycles. The smallest absolute Gasteiger partial charge is 0.137 e. The molecule has 0 saturated heterocycles. The molecule has 0 saturated carbocycles. The van der Waals surface area contributed by atoms with E-state index in [0.29, 0.717) is 10.1 Å². The Labute approximate surface area is 91.8 Å². The highest BCUT2D eigenvalue weighted by molar-refractivity contribution is 14.1. The first-order chi connectivity index (χ1) is 5.15. The van der Waals surface area contributed by atoms with Crippen molar-refractivity contribution in [3.05, 3.63) is 30.7 Å². The molecular weight excluding hydrogens is 371 g/mol. The van der Waals surface area contributed by atoms with Gasteiger partial charge in [-0.1, -0.05) is 0 Å². The van der Waals surface area contributed by atoms with Crippen molar-refractivity contribution in [3.8, 4) is 0 Å². The van der Waals surface area contributed by atoms with E-state index >= 15 is 0 Å². The van der Waals surface area contributed by atoms with Crippen molar-refractivity contribution in [1.82, 2.24) is 0 Å². The van der Waals surface area contributed by atoms with Crippen LogP contribution >= 0.6 is 45.2 Å². The van der Waals surface area contributed by atoms with E-state index in [-0.39, 0.29) is 5.82 Å². The average Bonchev–Trinajstić information content (AvgIpc) is 1.96.